The Balaban J connectivity index is 1.45. The number of amides is 1. The highest BCUT2D eigenvalue weighted by Crippen LogP contribution is 2.40. The molecule has 12 heteroatoms. The number of hydrogen-bond donors (Lipinski definition) is 1. The van der Waals surface area contributed by atoms with E-state index in [0.717, 1.165) is 23.7 Å². The molecule has 1 N–H and O–H groups in total. The Morgan fingerprint density at radius 3 is 2.37 bits per heavy atom. The van der Waals surface area contributed by atoms with E-state index in [4.69, 9.17) is 55.8 Å². The number of benzene rings is 3. The van der Waals surface area contributed by atoms with Crippen molar-refractivity contribution in [2.45, 2.75) is 50.5 Å². The minimum absolute atomic E-state index is 0.0296. The van der Waals surface area contributed by atoms with Gasteiger partial charge in [0.15, 0.2) is 5.25 Å². The van der Waals surface area contributed by atoms with E-state index >= 15 is 0 Å². The number of carbonyl (C=O) groups is 1. The van der Waals surface area contributed by atoms with E-state index in [0.29, 0.717) is 27.5 Å². The Morgan fingerprint density at radius 2 is 1.66 bits per heavy atom. The van der Waals surface area contributed by atoms with Gasteiger partial charge in [0.25, 0.3) is 11.1 Å². The summed E-state index contributed by atoms with van der Waals surface area (Å²) < 4.78 is 6.03. The normalized spacial score (nSPS) is 16.9. The van der Waals surface area contributed by atoms with Crippen molar-refractivity contribution >= 4 is 81.3 Å². The molecule has 1 aromatic heterocycles. The van der Waals surface area contributed by atoms with Crippen molar-refractivity contribution in [1.29, 1.82) is 0 Å². The first kappa shape index (κ1) is 29.7. The lowest BCUT2D eigenvalue weighted by atomic mass is 9.96. The monoisotopic (exact) mass is 647 g/mol. The molecule has 7 nitrogen and oxygen atoms in total. The highest BCUT2D eigenvalue weighted by Gasteiger charge is 2.42. The Kier molecular flexibility index (Phi) is 8.87. The lowest BCUT2D eigenvalue weighted by Crippen LogP contribution is -2.36. The molecule has 212 valence electrons. The molecular weight excluding hydrogens is 624 g/mol. The van der Waals surface area contributed by atoms with Gasteiger partial charge in [0.05, 0.1) is 20.8 Å². The molecule has 0 aliphatic carbocycles. The number of aryl methyl sites for hydroxylation is 3. The first-order valence-electron chi connectivity index (χ1n) is 12.7. The van der Waals surface area contributed by atoms with Crippen LogP contribution >= 0.6 is 58.2 Å². The first-order valence-corrected chi connectivity index (χ1v) is 15.1. The van der Waals surface area contributed by atoms with Crippen LogP contribution in [0.3, 0.4) is 0 Å². The number of nitrogens with one attached hydrogen (secondary N) is 1. The number of halogens is 4. The molecule has 1 fully saturated rings. The minimum Gasteiger partial charge on any atom is -0.416 e. The highest BCUT2D eigenvalue weighted by molar-refractivity contribution is 8.01. The third-order valence-corrected chi connectivity index (χ3v) is 8.69. The Labute approximate surface area is 262 Å². The second-order valence-corrected chi connectivity index (χ2v) is 12.6. The van der Waals surface area contributed by atoms with E-state index in [2.05, 4.69) is 47.7 Å². The molecule has 41 heavy (non-hydrogen) atoms. The highest BCUT2D eigenvalue weighted by atomic mass is 35.5. The standard InChI is InChI=1S/C29H25Cl4N5O2S/c1-14-5-7-18(16(3)9-14)11-17(4)27-35-36-29(40-27)41-25-26(34-23-10-15(2)6-8-20(23)31)37-38(28(25)39)24-21(32)12-19(30)13-22(24)33/h5-10,12-13,17,25H,11H2,1-4H3,(H,34,37). The van der Waals surface area contributed by atoms with Crippen LogP contribution in [0.4, 0.5) is 11.4 Å². The quantitative estimate of drug-likeness (QED) is 0.216. The zero-order chi connectivity index (χ0) is 29.4. The number of anilines is 1. The lowest BCUT2D eigenvalue weighted by molar-refractivity contribution is -0.116. The first-order chi connectivity index (χ1) is 19.5. The summed E-state index contributed by atoms with van der Waals surface area (Å²) >= 11 is 26.5. The summed E-state index contributed by atoms with van der Waals surface area (Å²) in [6, 6.07) is 14.8. The van der Waals surface area contributed by atoms with Gasteiger partial charge >= 0.3 is 0 Å². The maximum atomic E-state index is 13.8. The Hall–Kier alpha value is -2.75. The van der Waals surface area contributed by atoms with Crippen molar-refractivity contribution in [2.75, 3.05) is 5.01 Å². The zero-order valence-corrected chi connectivity index (χ0v) is 26.3. The van der Waals surface area contributed by atoms with Gasteiger partial charge in [0.1, 0.15) is 11.5 Å². The van der Waals surface area contributed by atoms with Crippen LogP contribution in [0.1, 0.15) is 41.0 Å². The summed E-state index contributed by atoms with van der Waals surface area (Å²) in [6.07, 6.45) is 0.738. The smallest absolute Gasteiger partial charge is 0.277 e. The molecule has 1 aliphatic heterocycles. The van der Waals surface area contributed by atoms with Crippen molar-refractivity contribution in [2.24, 2.45) is 4.99 Å². The predicted molar refractivity (Wildman–Crippen MR) is 167 cm³/mol. The average Bonchev–Trinajstić information content (AvgIpc) is 3.48. The summed E-state index contributed by atoms with van der Waals surface area (Å²) in [7, 11) is 0. The van der Waals surface area contributed by atoms with Crippen LogP contribution in [0.25, 0.3) is 0 Å². The topological polar surface area (TPSA) is 83.6 Å². The predicted octanol–water partition coefficient (Wildman–Crippen LogP) is 8.70. The Bertz CT molecular complexity index is 1650. The molecule has 0 bridgehead atoms. The third-order valence-electron chi connectivity index (χ3n) is 6.55. The fraction of sp³-hybridized carbons (Fsp3) is 0.241. The molecular formula is C29H25Cl4N5O2S. The number of aliphatic imine (C=N–C) groups is 1. The third kappa shape index (κ3) is 6.52. The summed E-state index contributed by atoms with van der Waals surface area (Å²) in [5.74, 6) is 0.370. The molecule has 5 rings (SSSR count). The van der Waals surface area contributed by atoms with Crippen LogP contribution in [-0.2, 0) is 11.2 Å². The van der Waals surface area contributed by atoms with Crippen molar-refractivity contribution in [1.82, 2.24) is 15.6 Å². The second kappa shape index (κ2) is 12.2. The number of thioether (sulfide) groups is 1. The van der Waals surface area contributed by atoms with Crippen molar-refractivity contribution in [3.63, 3.8) is 0 Å². The molecule has 0 saturated carbocycles. The van der Waals surface area contributed by atoms with Crippen LogP contribution in [0, 0.1) is 20.8 Å². The molecule has 2 unspecified atom stereocenters. The maximum absolute atomic E-state index is 13.8. The molecule has 2 atom stereocenters. The number of aromatic nitrogens is 2. The van der Waals surface area contributed by atoms with Gasteiger partial charge in [-0.1, -0.05) is 83.2 Å². The molecule has 4 aromatic rings. The summed E-state index contributed by atoms with van der Waals surface area (Å²) in [5.41, 5.74) is 8.39. The fourth-order valence-electron chi connectivity index (χ4n) is 4.46. The van der Waals surface area contributed by atoms with Gasteiger partial charge in [-0.05, 0) is 79.9 Å². The number of hydrogen-bond acceptors (Lipinski definition) is 6. The van der Waals surface area contributed by atoms with E-state index in [1.54, 1.807) is 6.07 Å². The van der Waals surface area contributed by atoms with E-state index in [9.17, 15) is 4.79 Å². The van der Waals surface area contributed by atoms with Crippen LogP contribution in [0.15, 0.2) is 63.2 Å². The van der Waals surface area contributed by atoms with E-state index in [1.165, 1.54) is 33.8 Å². The second-order valence-electron chi connectivity index (χ2n) is 9.89. The van der Waals surface area contributed by atoms with E-state index in [-0.39, 0.29) is 32.8 Å². The van der Waals surface area contributed by atoms with Crippen molar-refractivity contribution in [3.05, 3.63) is 96.8 Å². The van der Waals surface area contributed by atoms with Gasteiger partial charge in [-0.25, -0.2) is 10.0 Å². The number of carbonyl (C=O) groups excluding carboxylic acids is 1. The number of hydrazine groups is 1. The number of rotatable bonds is 7. The van der Waals surface area contributed by atoms with Crippen LogP contribution in [0.2, 0.25) is 20.1 Å². The van der Waals surface area contributed by atoms with Gasteiger partial charge in [-0.15, -0.1) is 10.2 Å². The van der Waals surface area contributed by atoms with Gasteiger partial charge in [0, 0.05) is 10.9 Å². The van der Waals surface area contributed by atoms with Gasteiger partial charge in [0.2, 0.25) is 5.89 Å². The number of amidine groups is 1. The number of nitrogens with zero attached hydrogens (tertiary/aromatic N) is 4. The maximum Gasteiger partial charge on any atom is 0.277 e. The zero-order valence-electron chi connectivity index (χ0n) is 22.5. The lowest BCUT2D eigenvalue weighted by Gasteiger charge is -2.19. The molecule has 0 spiro atoms. The SMILES string of the molecule is Cc1ccc(CC(C)c2nnc(SC3C(=O)N(c4c(Cl)cc(Cl)cc4Cl)NC3=Nc3cc(C)ccc3Cl)o2)c(C)c1. The van der Waals surface area contributed by atoms with Gasteiger partial charge in [-0.3, -0.25) is 10.2 Å². The molecule has 1 amide bonds. The Morgan fingerprint density at radius 1 is 0.976 bits per heavy atom. The van der Waals surface area contributed by atoms with Crippen LogP contribution < -0.4 is 10.4 Å². The largest absolute Gasteiger partial charge is 0.416 e. The van der Waals surface area contributed by atoms with E-state index < -0.39 is 5.25 Å². The molecule has 2 heterocycles. The van der Waals surface area contributed by atoms with Crippen molar-refractivity contribution < 1.29 is 9.21 Å². The van der Waals surface area contributed by atoms with Gasteiger partial charge < -0.3 is 4.42 Å². The minimum atomic E-state index is -0.877. The van der Waals surface area contributed by atoms with Crippen LogP contribution in [-0.4, -0.2) is 27.2 Å². The molecule has 1 saturated heterocycles. The summed E-state index contributed by atoms with van der Waals surface area (Å²) in [6.45, 7) is 8.12. The molecule has 1 aliphatic rings. The summed E-state index contributed by atoms with van der Waals surface area (Å²) in [4.78, 5) is 18.5. The molecule has 0 radical (unpaired) electrons. The average molecular weight is 649 g/mol. The van der Waals surface area contributed by atoms with Gasteiger partial charge in [-0.2, -0.15) is 0 Å². The van der Waals surface area contributed by atoms with Crippen molar-refractivity contribution in [3.8, 4) is 0 Å². The summed E-state index contributed by atoms with van der Waals surface area (Å²) in [5, 5.41) is 10.3. The van der Waals surface area contributed by atoms with Crippen LogP contribution in [0.5, 0.6) is 0 Å². The molecule has 3 aromatic carbocycles. The fourth-order valence-corrected chi connectivity index (χ4v) is 6.46. The van der Waals surface area contributed by atoms with E-state index in [1.807, 2.05) is 26.0 Å².